The number of hydrogen-bond acceptors (Lipinski definition) is 3. The Morgan fingerprint density at radius 1 is 1.33 bits per heavy atom. The standard InChI is InChI=1S/C14H14N2O2/c1-8-7-10(14(17)18)12(9(2)13(8)15)11-5-3-4-6-16-11/h3-7H,15H2,1-2H3,(H,17,18). The van der Waals surface area contributed by atoms with Gasteiger partial charge in [-0.3, -0.25) is 4.98 Å². The van der Waals surface area contributed by atoms with E-state index in [-0.39, 0.29) is 5.56 Å². The number of nitrogen functional groups attached to an aromatic ring is 1. The van der Waals surface area contributed by atoms with Crippen LogP contribution in [0.5, 0.6) is 0 Å². The van der Waals surface area contributed by atoms with Crippen molar-refractivity contribution < 1.29 is 9.90 Å². The Bertz CT molecular complexity index is 607. The third-order valence-electron chi connectivity index (χ3n) is 2.99. The quantitative estimate of drug-likeness (QED) is 0.794. The molecule has 0 aliphatic carbocycles. The van der Waals surface area contributed by atoms with Crippen LogP contribution in [0.25, 0.3) is 11.3 Å². The monoisotopic (exact) mass is 242 g/mol. The smallest absolute Gasteiger partial charge is 0.336 e. The molecule has 18 heavy (non-hydrogen) atoms. The first-order chi connectivity index (χ1) is 8.52. The Morgan fingerprint density at radius 2 is 2.06 bits per heavy atom. The minimum absolute atomic E-state index is 0.234. The predicted octanol–water partition coefficient (Wildman–Crippen LogP) is 2.65. The van der Waals surface area contributed by atoms with Gasteiger partial charge in [-0.2, -0.15) is 0 Å². The highest BCUT2D eigenvalue weighted by Crippen LogP contribution is 2.32. The molecule has 2 aromatic rings. The Labute approximate surface area is 105 Å². The van der Waals surface area contributed by atoms with E-state index < -0.39 is 5.97 Å². The molecule has 0 bridgehead atoms. The molecule has 0 aliphatic rings. The van der Waals surface area contributed by atoms with Crippen LogP contribution >= 0.6 is 0 Å². The van der Waals surface area contributed by atoms with Crippen LogP contribution in [0.3, 0.4) is 0 Å². The maximum absolute atomic E-state index is 11.3. The lowest BCUT2D eigenvalue weighted by Gasteiger charge is -2.14. The van der Waals surface area contributed by atoms with E-state index in [4.69, 9.17) is 5.73 Å². The Balaban J connectivity index is 2.80. The van der Waals surface area contributed by atoms with Gasteiger partial charge in [0.1, 0.15) is 0 Å². The second-order valence-corrected chi connectivity index (χ2v) is 4.17. The fourth-order valence-corrected chi connectivity index (χ4v) is 2.01. The predicted molar refractivity (Wildman–Crippen MR) is 70.5 cm³/mol. The number of nitrogens with zero attached hydrogens (tertiary/aromatic N) is 1. The minimum Gasteiger partial charge on any atom is -0.478 e. The van der Waals surface area contributed by atoms with Crippen LogP contribution in [0.2, 0.25) is 0 Å². The van der Waals surface area contributed by atoms with Crippen molar-refractivity contribution in [2.75, 3.05) is 5.73 Å². The summed E-state index contributed by atoms with van der Waals surface area (Å²) in [5, 5.41) is 9.30. The van der Waals surface area contributed by atoms with Crippen molar-refractivity contribution >= 4 is 11.7 Å². The zero-order valence-electron chi connectivity index (χ0n) is 10.3. The van der Waals surface area contributed by atoms with E-state index in [1.807, 2.05) is 13.0 Å². The third kappa shape index (κ3) is 1.93. The van der Waals surface area contributed by atoms with Crippen molar-refractivity contribution in [1.82, 2.24) is 4.98 Å². The van der Waals surface area contributed by atoms with E-state index in [9.17, 15) is 9.90 Å². The van der Waals surface area contributed by atoms with Gasteiger partial charge in [-0.25, -0.2) is 4.79 Å². The summed E-state index contributed by atoms with van der Waals surface area (Å²) in [6.07, 6.45) is 1.64. The lowest BCUT2D eigenvalue weighted by molar-refractivity contribution is 0.0697. The van der Waals surface area contributed by atoms with E-state index in [0.717, 1.165) is 11.1 Å². The van der Waals surface area contributed by atoms with E-state index >= 15 is 0 Å². The second kappa shape index (κ2) is 4.49. The fraction of sp³-hybridized carbons (Fsp3) is 0.143. The van der Waals surface area contributed by atoms with Gasteiger partial charge in [0.25, 0.3) is 0 Å². The number of hydrogen-bond donors (Lipinski definition) is 2. The number of benzene rings is 1. The van der Waals surface area contributed by atoms with Crippen molar-refractivity contribution in [2.24, 2.45) is 0 Å². The molecule has 0 spiro atoms. The van der Waals surface area contributed by atoms with Gasteiger partial charge in [0.15, 0.2) is 0 Å². The number of carboxylic acid groups (broad SMARTS) is 1. The highest BCUT2D eigenvalue weighted by molar-refractivity contribution is 5.98. The largest absolute Gasteiger partial charge is 0.478 e. The van der Waals surface area contributed by atoms with Gasteiger partial charge in [-0.15, -0.1) is 0 Å². The van der Waals surface area contributed by atoms with Crippen LogP contribution in [-0.2, 0) is 0 Å². The average molecular weight is 242 g/mol. The first-order valence-electron chi connectivity index (χ1n) is 5.56. The number of pyridine rings is 1. The molecule has 0 aliphatic heterocycles. The van der Waals surface area contributed by atoms with Gasteiger partial charge in [0.2, 0.25) is 0 Å². The topological polar surface area (TPSA) is 76.2 Å². The first kappa shape index (κ1) is 12.1. The van der Waals surface area contributed by atoms with Crippen LogP contribution in [0.15, 0.2) is 30.5 Å². The molecule has 3 N–H and O–H groups in total. The van der Waals surface area contributed by atoms with Crippen molar-refractivity contribution in [3.8, 4) is 11.3 Å². The number of carboxylic acids is 1. The summed E-state index contributed by atoms with van der Waals surface area (Å²) in [6.45, 7) is 3.62. The SMILES string of the molecule is Cc1cc(C(=O)O)c(-c2ccccn2)c(C)c1N. The van der Waals surface area contributed by atoms with Crippen LogP contribution in [-0.4, -0.2) is 16.1 Å². The molecule has 1 aromatic heterocycles. The van der Waals surface area contributed by atoms with Gasteiger partial charge in [-0.1, -0.05) is 6.07 Å². The molecule has 4 nitrogen and oxygen atoms in total. The molecular weight excluding hydrogens is 228 g/mol. The number of rotatable bonds is 2. The molecule has 92 valence electrons. The third-order valence-corrected chi connectivity index (χ3v) is 2.99. The van der Waals surface area contributed by atoms with Crippen molar-refractivity contribution in [3.05, 3.63) is 47.2 Å². The van der Waals surface area contributed by atoms with Gasteiger partial charge in [0, 0.05) is 17.4 Å². The molecule has 0 unspecified atom stereocenters. The van der Waals surface area contributed by atoms with Gasteiger partial charge < -0.3 is 10.8 Å². The molecule has 1 heterocycles. The number of nitrogens with two attached hydrogens (primary N) is 1. The Kier molecular flexibility index (Phi) is 3.02. The number of aromatic nitrogens is 1. The molecule has 0 saturated carbocycles. The summed E-state index contributed by atoms with van der Waals surface area (Å²) in [5.41, 5.74) is 9.55. The summed E-state index contributed by atoms with van der Waals surface area (Å²) in [7, 11) is 0. The normalized spacial score (nSPS) is 10.3. The summed E-state index contributed by atoms with van der Waals surface area (Å²) >= 11 is 0. The number of carbonyl (C=O) groups is 1. The highest BCUT2D eigenvalue weighted by Gasteiger charge is 2.18. The summed E-state index contributed by atoms with van der Waals surface area (Å²) in [4.78, 5) is 15.5. The molecule has 1 aromatic carbocycles. The molecule has 0 fully saturated rings. The first-order valence-corrected chi connectivity index (χ1v) is 5.56. The lowest BCUT2D eigenvalue weighted by atomic mass is 9.94. The fourth-order valence-electron chi connectivity index (χ4n) is 2.01. The molecule has 0 amide bonds. The second-order valence-electron chi connectivity index (χ2n) is 4.17. The van der Waals surface area contributed by atoms with E-state index in [2.05, 4.69) is 4.98 Å². The Morgan fingerprint density at radius 3 is 2.61 bits per heavy atom. The van der Waals surface area contributed by atoms with E-state index in [0.29, 0.717) is 16.9 Å². The molecule has 0 atom stereocenters. The molecule has 4 heteroatoms. The van der Waals surface area contributed by atoms with Crippen molar-refractivity contribution in [1.29, 1.82) is 0 Å². The van der Waals surface area contributed by atoms with Gasteiger partial charge in [-0.05, 0) is 43.2 Å². The average Bonchev–Trinajstić information content (AvgIpc) is 2.36. The maximum atomic E-state index is 11.3. The number of anilines is 1. The summed E-state index contributed by atoms with van der Waals surface area (Å²) < 4.78 is 0. The molecule has 0 saturated heterocycles. The van der Waals surface area contributed by atoms with Crippen molar-refractivity contribution in [3.63, 3.8) is 0 Å². The van der Waals surface area contributed by atoms with Crippen molar-refractivity contribution in [2.45, 2.75) is 13.8 Å². The van der Waals surface area contributed by atoms with Gasteiger partial charge in [0.05, 0.1) is 11.3 Å². The maximum Gasteiger partial charge on any atom is 0.336 e. The van der Waals surface area contributed by atoms with Crippen LogP contribution in [0, 0.1) is 13.8 Å². The summed E-state index contributed by atoms with van der Waals surface area (Å²) in [6, 6.07) is 6.98. The minimum atomic E-state index is -0.971. The summed E-state index contributed by atoms with van der Waals surface area (Å²) in [5.74, 6) is -0.971. The number of aryl methyl sites for hydroxylation is 1. The molecular formula is C14H14N2O2. The van der Waals surface area contributed by atoms with E-state index in [1.165, 1.54) is 0 Å². The van der Waals surface area contributed by atoms with Crippen LogP contribution in [0.1, 0.15) is 21.5 Å². The Hall–Kier alpha value is -2.36. The van der Waals surface area contributed by atoms with Crippen LogP contribution in [0.4, 0.5) is 5.69 Å². The number of aromatic carboxylic acids is 1. The zero-order chi connectivity index (χ0) is 13.3. The zero-order valence-corrected chi connectivity index (χ0v) is 10.3. The lowest BCUT2D eigenvalue weighted by Crippen LogP contribution is -2.06. The van der Waals surface area contributed by atoms with Gasteiger partial charge >= 0.3 is 5.97 Å². The molecule has 0 radical (unpaired) electrons. The highest BCUT2D eigenvalue weighted by atomic mass is 16.4. The van der Waals surface area contributed by atoms with E-state index in [1.54, 1.807) is 31.3 Å². The van der Waals surface area contributed by atoms with Crippen LogP contribution < -0.4 is 5.73 Å². The molecule has 2 rings (SSSR count).